The van der Waals surface area contributed by atoms with E-state index in [4.69, 9.17) is 5.11 Å². The van der Waals surface area contributed by atoms with E-state index in [1.54, 1.807) is 0 Å². The molecular weight excluding hydrogens is 284 g/mol. The van der Waals surface area contributed by atoms with Gasteiger partial charge in [-0.15, -0.1) is 0 Å². The molecule has 0 aliphatic carbocycles. The number of rotatable bonds is 4. The average Bonchev–Trinajstić information content (AvgIpc) is 2.93. The Morgan fingerprint density at radius 3 is 2.38 bits per heavy atom. The lowest BCUT2D eigenvalue weighted by Crippen LogP contribution is -2.36. The van der Waals surface area contributed by atoms with Gasteiger partial charge >= 0.3 is 5.69 Å². The molecule has 0 amide bonds. The lowest BCUT2D eigenvalue weighted by atomic mass is 10.1. The van der Waals surface area contributed by atoms with E-state index >= 15 is 0 Å². The summed E-state index contributed by atoms with van der Waals surface area (Å²) in [5, 5.41) is 37.6. The van der Waals surface area contributed by atoms with E-state index < -0.39 is 36.2 Å². The van der Waals surface area contributed by atoms with Crippen LogP contribution in [0.15, 0.2) is 9.59 Å². The molecule has 0 saturated carbocycles. The lowest BCUT2D eigenvalue weighted by Gasteiger charge is -2.19. The zero-order valence-corrected chi connectivity index (χ0v) is 11.4. The fourth-order valence-corrected chi connectivity index (χ4v) is 1.96. The number of H-pyrrole nitrogens is 1. The Morgan fingerprint density at radius 1 is 1.19 bits per heavy atom. The van der Waals surface area contributed by atoms with Crippen molar-refractivity contribution in [3.8, 4) is 0 Å². The van der Waals surface area contributed by atoms with Crippen molar-refractivity contribution in [1.29, 1.82) is 0 Å². The zero-order valence-electron chi connectivity index (χ0n) is 11.4. The van der Waals surface area contributed by atoms with Gasteiger partial charge in [-0.05, 0) is 0 Å². The molecular formula is C11H16N4O6. The van der Waals surface area contributed by atoms with Crippen molar-refractivity contribution in [2.24, 2.45) is 14.1 Å². The minimum atomic E-state index is -1.70. The van der Waals surface area contributed by atoms with Crippen molar-refractivity contribution in [1.82, 2.24) is 19.1 Å². The number of hydrogen-bond donors (Lipinski definition) is 5. The van der Waals surface area contributed by atoms with Crippen LogP contribution in [0.2, 0.25) is 0 Å². The highest BCUT2D eigenvalue weighted by Gasteiger charge is 2.28. The van der Waals surface area contributed by atoms with Gasteiger partial charge in [0.15, 0.2) is 5.65 Å². The number of aromatic amines is 1. The maximum absolute atomic E-state index is 11.9. The maximum atomic E-state index is 11.9. The van der Waals surface area contributed by atoms with Gasteiger partial charge in [-0.25, -0.2) is 9.78 Å². The highest BCUT2D eigenvalue weighted by Crippen LogP contribution is 2.18. The van der Waals surface area contributed by atoms with Crippen molar-refractivity contribution in [3.63, 3.8) is 0 Å². The van der Waals surface area contributed by atoms with Gasteiger partial charge in [-0.2, -0.15) is 0 Å². The number of nitrogens with zero attached hydrogens (tertiary/aromatic N) is 3. The molecule has 2 rings (SSSR count). The molecule has 116 valence electrons. The summed E-state index contributed by atoms with van der Waals surface area (Å²) in [5.41, 5.74) is -1.21. The van der Waals surface area contributed by atoms with E-state index in [0.717, 1.165) is 9.13 Å². The van der Waals surface area contributed by atoms with Crippen molar-refractivity contribution in [2.45, 2.75) is 18.3 Å². The van der Waals surface area contributed by atoms with Crippen LogP contribution >= 0.6 is 0 Å². The first-order valence-corrected chi connectivity index (χ1v) is 6.10. The zero-order chi connectivity index (χ0) is 15.9. The predicted molar refractivity (Wildman–Crippen MR) is 70.6 cm³/mol. The van der Waals surface area contributed by atoms with Crippen molar-refractivity contribution >= 4 is 11.2 Å². The molecule has 10 heteroatoms. The van der Waals surface area contributed by atoms with E-state index in [0.29, 0.717) is 0 Å². The molecule has 0 saturated heterocycles. The summed E-state index contributed by atoms with van der Waals surface area (Å²) in [4.78, 5) is 30.1. The van der Waals surface area contributed by atoms with Gasteiger partial charge in [0, 0.05) is 14.1 Å². The van der Waals surface area contributed by atoms with Gasteiger partial charge in [0.1, 0.15) is 29.7 Å². The van der Waals surface area contributed by atoms with Crippen LogP contribution in [0.4, 0.5) is 0 Å². The van der Waals surface area contributed by atoms with Gasteiger partial charge in [-0.1, -0.05) is 0 Å². The van der Waals surface area contributed by atoms with Gasteiger partial charge in [-0.3, -0.25) is 13.9 Å². The topological polar surface area (TPSA) is 154 Å². The van der Waals surface area contributed by atoms with Crippen LogP contribution in [0.5, 0.6) is 0 Å². The molecule has 0 unspecified atom stereocenters. The molecule has 0 aromatic carbocycles. The molecule has 5 N–H and O–H groups in total. The van der Waals surface area contributed by atoms with Crippen molar-refractivity contribution < 1.29 is 20.4 Å². The molecule has 0 aliphatic heterocycles. The monoisotopic (exact) mass is 300 g/mol. The van der Waals surface area contributed by atoms with Crippen molar-refractivity contribution in [3.05, 3.63) is 26.7 Å². The van der Waals surface area contributed by atoms with Gasteiger partial charge < -0.3 is 25.4 Å². The number of aryl methyl sites for hydroxylation is 1. The lowest BCUT2D eigenvalue weighted by molar-refractivity contribution is -0.0800. The number of aliphatic hydroxyl groups is 4. The highest BCUT2D eigenvalue weighted by molar-refractivity contribution is 5.69. The average molecular weight is 300 g/mol. The fourth-order valence-electron chi connectivity index (χ4n) is 1.96. The standard InChI is InChI=1S/C11H16N4O6/c1-14-9-5(10(20)15(2)11(14)21)12-8(13-9)7(19)6(18)4(17)3-16/h4,6-7,16-19H,3H2,1-2H3,(H,12,13)/t4-,6-,7+/m1/s1. The number of hydrogen-bond acceptors (Lipinski definition) is 7. The number of imidazole rings is 1. The second kappa shape index (κ2) is 5.41. The number of aliphatic hydroxyl groups excluding tert-OH is 4. The molecule has 0 bridgehead atoms. The number of nitrogens with one attached hydrogen (secondary N) is 1. The van der Waals surface area contributed by atoms with Gasteiger partial charge in [0.25, 0.3) is 5.56 Å². The molecule has 21 heavy (non-hydrogen) atoms. The predicted octanol–water partition coefficient (Wildman–Crippen LogP) is -3.29. The minimum absolute atomic E-state index is 0.0145. The SMILES string of the molecule is Cn1c(=O)c2[nH]c([C@@H](O)[C@H](O)[C@H](O)CO)nc2n(C)c1=O. The highest BCUT2D eigenvalue weighted by atomic mass is 16.4. The summed E-state index contributed by atoms with van der Waals surface area (Å²) >= 11 is 0. The normalized spacial score (nSPS) is 16.1. The Kier molecular flexibility index (Phi) is 3.96. The van der Waals surface area contributed by atoms with E-state index in [1.807, 2.05) is 0 Å². The molecule has 2 aromatic heterocycles. The van der Waals surface area contributed by atoms with Crippen LogP contribution in [-0.4, -0.2) is 58.3 Å². The van der Waals surface area contributed by atoms with Crippen molar-refractivity contribution in [2.75, 3.05) is 6.61 Å². The Hall–Kier alpha value is -2.01. The Morgan fingerprint density at radius 2 is 1.81 bits per heavy atom. The molecule has 0 spiro atoms. The Labute approximate surface area is 117 Å². The van der Waals surface area contributed by atoms with Crippen LogP contribution < -0.4 is 11.2 Å². The quantitative estimate of drug-likeness (QED) is 0.396. The van der Waals surface area contributed by atoms with E-state index in [-0.39, 0.29) is 17.0 Å². The molecule has 0 radical (unpaired) electrons. The van der Waals surface area contributed by atoms with Crippen LogP contribution in [-0.2, 0) is 14.1 Å². The summed E-state index contributed by atoms with van der Waals surface area (Å²) < 4.78 is 1.98. The second-order valence-electron chi connectivity index (χ2n) is 4.71. The van der Waals surface area contributed by atoms with Crippen LogP contribution in [0.1, 0.15) is 11.9 Å². The van der Waals surface area contributed by atoms with Crippen LogP contribution in [0, 0.1) is 0 Å². The van der Waals surface area contributed by atoms with E-state index in [9.17, 15) is 24.9 Å². The molecule has 2 aromatic rings. The first-order valence-electron chi connectivity index (χ1n) is 6.10. The van der Waals surface area contributed by atoms with Crippen LogP contribution in [0.3, 0.4) is 0 Å². The molecule has 10 nitrogen and oxygen atoms in total. The third-order valence-electron chi connectivity index (χ3n) is 3.30. The molecule has 0 fully saturated rings. The van der Waals surface area contributed by atoms with E-state index in [1.165, 1.54) is 14.1 Å². The Bertz CT molecular complexity index is 775. The summed E-state index contributed by atoms with van der Waals surface area (Å²) in [7, 11) is 2.70. The largest absolute Gasteiger partial charge is 0.394 e. The summed E-state index contributed by atoms with van der Waals surface area (Å²) in [6.45, 7) is -0.751. The molecule has 3 atom stereocenters. The first-order chi connectivity index (χ1) is 9.79. The third kappa shape index (κ3) is 2.38. The molecule has 0 aliphatic rings. The second-order valence-corrected chi connectivity index (χ2v) is 4.71. The van der Waals surface area contributed by atoms with E-state index in [2.05, 4.69) is 9.97 Å². The first kappa shape index (κ1) is 15.4. The fraction of sp³-hybridized carbons (Fsp3) is 0.545. The van der Waals surface area contributed by atoms with Gasteiger partial charge in [0.05, 0.1) is 6.61 Å². The Balaban J connectivity index is 2.59. The smallest absolute Gasteiger partial charge is 0.332 e. The number of aromatic nitrogens is 4. The summed E-state index contributed by atoms with van der Waals surface area (Å²) in [6, 6.07) is 0. The molecule has 2 heterocycles. The van der Waals surface area contributed by atoms with Gasteiger partial charge in [0.2, 0.25) is 0 Å². The van der Waals surface area contributed by atoms with Crippen LogP contribution in [0.25, 0.3) is 11.2 Å². The third-order valence-corrected chi connectivity index (χ3v) is 3.30. The number of fused-ring (bicyclic) bond motifs is 1. The summed E-state index contributed by atoms with van der Waals surface area (Å²) in [5.74, 6) is -0.191. The summed E-state index contributed by atoms with van der Waals surface area (Å²) in [6.07, 6.45) is -4.92. The maximum Gasteiger partial charge on any atom is 0.332 e. The minimum Gasteiger partial charge on any atom is -0.394 e.